The SMILES string of the molecule is CC(C)c1ccc(NC2CCC(COC(N)=O)CC2)cc1. The van der Waals surface area contributed by atoms with Gasteiger partial charge in [-0.1, -0.05) is 26.0 Å². The van der Waals surface area contributed by atoms with E-state index < -0.39 is 6.09 Å². The fourth-order valence-electron chi connectivity index (χ4n) is 2.87. The molecule has 0 unspecified atom stereocenters. The minimum atomic E-state index is -0.666. The number of rotatable bonds is 5. The molecule has 0 atom stereocenters. The molecule has 1 aromatic carbocycles. The molecule has 0 radical (unpaired) electrons. The van der Waals surface area contributed by atoms with Crippen molar-refractivity contribution in [2.24, 2.45) is 11.7 Å². The molecule has 1 aliphatic carbocycles. The molecule has 1 aliphatic rings. The summed E-state index contributed by atoms with van der Waals surface area (Å²) in [6, 6.07) is 9.23. The number of carbonyl (C=O) groups excluding carboxylic acids is 1. The van der Waals surface area contributed by atoms with Gasteiger partial charge in [0.25, 0.3) is 0 Å². The van der Waals surface area contributed by atoms with E-state index in [4.69, 9.17) is 10.5 Å². The minimum Gasteiger partial charge on any atom is -0.449 e. The highest BCUT2D eigenvalue weighted by molar-refractivity contribution is 5.64. The van der Waals surface area contributed by atoms with Gasteiger partial charge in [-0.15, -0.1) is 0 Å². The van der Waals surface area contributed by atoms with E-state index in [-0.39, 0.29) is 0 Å². The first kappa shape index (κ1) is 15.7. The maximum Gasteiger partial charge on any atom is 0.404 e. The predicted octanol–water partition coefficient (Wildman–Crippen LogP) is 3.88. The quantitative estimate of drug-likeness (QED) is 0.865. The van der Waals surface area contributed by atoms with Gasteiger partial charge < -0.3 is 15.8 Å². The third-order valence-corrected chi connectivity index (χ3v) is 4.26. The Morgan fingerprint density at radius 1 is 1.24 bits per heavy atom. The van der Waals surface area contributed by atoms with Gasteiger partial charge in [-0.25, -0.2) is 4.79 Å². The lowest BCUT2D eigenvalue weighted by molar-refractivity contribution is 0.123. The molecule has 1 fully saturated rings. The highest BCUT2D eigenvalue weighted by Crippen LogP contribution is 2.27. The third kappa shape index (κ3) is 4.96. The number of amides is 1. The zero-order valence-electron chi connectivity index (χ0n) is 13.0. The van der Waals surface area contributed by atoms with Crippen LogP contribution in [0, 0.1) is 5.92 Å². The standard InChI is InChI=1S/C17H26N2O2/c1-12(2)14-5-9-16(10-6-14)19-15-7-3-13(4-8-15)11-21-17(18)20/h5-6,9-10,12-13,15,19H,3-4,7-8,11H2,1-2H3,(H2,18,20). The Morgan fingerprint density at radius 2 is 1.86 bits per heavy atom. The van der Waals surface area contributed by atoms with Crippen molar-refractivity contribution in [1.82, 2.24) is 0 Å². The number of ether oxygens (including phenoxy) is 1. The van der Waals surface area contributed by atoms with Crippen LogP contribution in [0.3, 0.4) is 0 Å². The van der Waals surface area contributed by atoms with E-state index in [1.54, 1.807) is 0 Å². The van der Waals surface area contributed by atoms with Crippen molar-refractivity contribution in [3.05, 3.63) is 29.8 Å². The van der Waals surface area contributed by atoms with Crippen molar-refractivity contribution >= 4 is 11.8 Å². The molecule has 116 valence electrons. The maximum absolute atomic E-state index is 10.6. The van der Waals surface area contributed by atoms with Gasteiger partial charge in [0.05, 0.1) is 6.61 Å². The van der Waals surface area contributed by atoms with Gasteiger partial charge in [0.2, 0.25) is 0 Å². The van der Waals surface area contributed by atoms with E-state index in [1.165, 1.54) is 11.3 Å². The van der Waals surface area contributed by atoms with Gasteiger partial charge >= 0.3 is 6.09 Å². The molecule has 1 amide bonds. The van der Waals surface area contributed by atoms with Crippen molar-refractivity contribution in [2.75, 3.05) is 11.9 Å². The number of nitrogens with one attached hydrogen (secondary N) is 1. The smallest absolute Gasteiger partial charge is 0.404 e. The lowest BCUT2D eigenvalue weighted by Crippen LogP contribution is -2.29. The average molecular weight is 290 g/mol. The first-order chi connectivity index (χ1) is 10.0. The van der Waals surface area contributed by atoms with Crippen LogP contribution in [0.5, 0.6) is 0 Å². The van der Waals surface area contributed by atoms with Gasteiger partial charge in [-0.2, -0.15) is 0 Å². The van der Waals surface area contributed by atoms with Crippen LogP contribution < -0.4 is 11.1 Å². The van der Waals surface area contributed by atoms with Crippen LogP contribution in [0.1, 0.15) is 51.0 Å². The zero-order valence-corrected chi connectivity index (χ0v) is 13.0. The molecule has 0 spiro atoms. The molecule has 0 aliphatic heterocycles. The van der Waals surface area contributed by atoms with Gasteiger partial charge in [-0.05, 0) is 55.2 Å². The summed E-state index contributed by atoms with van der Waals surface area (Å²) in [6.45, 7) is 4.88. The van der Waals surface area contributed by atoms with E-state index in [9.17, 15) is 4.79 Å². The van der Waals surface area contributed by atoms with Crippen LogP contribution in [-0.4, -0.2) is 18.7 Å². The van der Waals surface area contributed by atoms with E-state index in [0.717, 1.165) is 25.7 Å². The number of carbonyl (C=O) groups is 1. The molecule has 0 saturated heterocycles. The molecule has 1 aromatic rings. The summed E-state index contributed by atoms with van der Waals surface area (Å²) in [5.41, 5.74) is 7.56. The summed E-state index contributed by atoms with van der Waals surface area (Å²) >= 11 is 0. The molecule has 21 heavy (non-hydrogen) atoms. The van der Waals surface area contributed by atoms with E-state index >= 15 is 0 Å². The molecule has 0 aromatic heterocycles. The van der Waals surface area contributed by atoms with Crippen molar-refractivity contribution < 1.29 is 9.53 Å². The van der Waals surface area contributed by atoms with E-state index in [2.05, 4.69) is 43.4 Å². The molecular weight excluding hydrogens is 264 g/mol. The maximum atomic E-state index is 10.6. The Kier molecular flexibility index (Phi) is 5.48. The second-order valence-electron chi connectivity index (χ2n) is 6.27. The normalized spacial score (nSPS) is 22.0. The van der Waals surface area contributed by atoms with Crippen molar-refractivity contribution in [3.63, 3.8) is 0 Å². The molecule has 3 N–H and O–H groups in total. The molecule has 1 saturated carbocycles. The Morgan fingerprint density at radius 3 is 2.38 bits per heavy atom. The second kappa shape index (κ2) is 7.34. The molecule has 0 bridgehead atoms. The lowest BCUT2D eigenvalue weighted by atomic mass is 9.86. The monoisotopic (exact) mass is 290 g/mol. The topological polar surface area (TPSA) is 64.3 Å². The predicted molar refractivity (Wildman–Crippen MR) is 85.4 cm³/mol. The molecule has 0 heterocycles. The zero-order chi connectivity index (χ0) is 15.2. The summed E-state index contributed by atoms with van der Waals surface area (Å²) in [7, 11) is 0. The summed E-state index contributed by atoms with van der Waals surface area (Å²) < 4.78 is 4.89. The average Bonchev–Trinajstić information content (AvgIpc) is 2.47. The Balaban J connectivity index is 1.76. The van der Waals surface area contributed by atoms with Crippen LogP contribution in [0.15, 0.2) is 24.3 Å². The number of hydrogen-bond donors (Lipinski definition) is 2. The highest BCUT2D eigenvalue weighted by Gasteiger charge is 2.21. The Labute approximate surface area is 127 Å². The number of benzene rings is 1. The number of hydrogen-bond acceptors (Lipinski definition) is 3. The first-order valence-corrected chi connectivity index (χ1v) is 7.83. The van der Waals surface area contributed by atoms with Crippen LogP contribution in [0.2, 0.25) is 0 Å². The minimum absolute atomic E-state index is 0.457. The van der Waals surface area contributed by atoms with E-state index in [0.29, 0.717) is 24.5 Å². The number of primary amides is 1. The Hall–Kier alpha value is -1.71. The van der Waals surface area contributed by atoms with Crippen LogP contribution in [-0.2, 0) is 4.74 Å². The summed E-state index contributed by atoms with van der Waals surface area (Å²) in [4.78, 5) is 10.6. The molecule has 2 rings (SSSR count). The third-order valence-electron chi connectivity index (χ3n) is 4.26. The fraction of sp³-hybridized carbons (Fsp3) is 0.588. The van der Waals surface area contributed by atoms with Gasteiger partial charge in [0.15, 0.2) is 0 Å². The van der Waals surface area contributed by atoms with E-state index in [1.807, 2.05) is 0 Å². The van der Waals surface area contributed by atoms with Gasteiger partial charge in [0.1, 0.15) is 0 Å². The molecule has 4 heteroatoms. The van der Waals surface area contributed by atoms with Crippen LogP contribution in [0.4, 0.5) is 10.5 Å². The number of nitrogens with two attached hydrogens (primary N) is 1. The number of anilines is 1. The van der Waals surface area contributed by atoms with Crippen molar-refractivity contribution in [1.29, 1.82) is 0 Å². The largest absolute Gasteiger partial charge is 0.449 e. The Bertz CT molecular complexity index is 448. The highest BCUT2D eigenvalue weighted by atomic mass is 16.5. The van der Waals surface area contributed by atoms with Gasteiger partial charge in [0, 0.05) is 11.7 Å². The summed E-state index contributed by atoms with van der Waals surface area (Å²) in [6.07, 6.45) is 3.71. The molecule has 4 nitrogen and oxygen atoms in total. The lowest BCUT2D eigenvalue weighted by Gasteiger charge is -2.29. The second-order valence-corrected chi connectivity index (χ2v) is 6.27. The summed E-state index contributed by atoms with van der Waals surface area (Å²) in [5, 5.41) is 3.60. The fourth-order valence-corrected chi connectivity index (χ4v) is 2.87. The summed E-state index contributed by atoms with van der Waals surface area (Å²) in [5.74, 6) is 1.03. The van der Waals surface area contributed by atoms with Crippen molar-refractivity contribution in [2.45, 2.75) is 51.5 Å². The van der Waals surface area contributed by atoms with Crippen LogP contribution >= 0.6 is 0 Å². The first-order valence-electron chi connectivity index (χ1n) is 7.83. The van der Waals surface area contributed by atoms with Crippen LogP contribution in [0.25, 0.3) is 0 Å². The van der Waals surface area contributed by atoms with Crippen molar-refractivity contribution in [3.8, 4) is 0 Å². The van der Waals surface area contributed by atoms with Gasteiger partial charge in [-0.3, -0.25) is 0 Å². The molecular formula is C17H26N2O2.